The van der Waals surface area contributed by atoms with Crippen LogP contribution in [-0.4, -0.2) is 33.3 Å². The molecule has 114 valence electrons. The summed E-state index contributed by atoms with van der Waals surface area (Å²) in [7, 11) is -3.19. The van der Waals surface area contributed by atoms with Crippen LogP contribution in [0.25, 0.3) is 0 Å². The molecule has 2 N–H and O–H groups in total. The van der Waals surface area contributed by atoms with Gasteiger partial charge in [-0.1, -0.05) is 37.3 Å². The van der Waals surface area contributed by atoms with Gasteiger partial charge in [0.25, 0.3) is 0 Å². The van der Waals surface area contributed by atoms with Gasteiger partial charge in [0.15, 0.2) is 0 Å². The van der Waals surface area contributed by atoms with Gasteiger partial charge >= 0.3 is 0 Å². The topological polar surface area (TPSA) is 58.2 Å². The maximum atomic E-state index is 12.1. The van der Waals surface area contributed by atoms with E-state index in [1.807, 2.05) is 30.3 Å². The van der Waals surface area contributed by atoms with E-state index in [9.17, 15) is 8.42 Å². The van der Waals surface area contributed by atoms with E-state index in [1.165, 1.54) is 0 Å². The summed E-state index contributed by atoms with van der Waals surface area (Å²) in [5.74, 6) is 0.508. The third-order valence-corrected chi connectivity index (χ3v) is 5.02. The SMILES string of the molecule is CC1CNCCC1NS(=O)(=O)CCc1ccccc1.Cl. The highest BCUT2D eigenvalue weighted by molar-refractivity contribution is 7.89. The van der Waals surface area contributed by atoms with Crippen molar-refractivity contribution in [3.05, 3.63) is 35.9 Å². The van der Waals surface area contributed by atoms with Gasteiger partial charge in [0.1, 0.15) is 0 Å². The average Bonchev–Trinajstić information content (AvgIpc) is 2.40. The number of halogens is 1. The van der Waals surface area contributed by atoms with E-state index in [2.05, 4.69) is 17.0 Å². The van der Waals surface area contributed by atoms with Gasteiger partial charge in [-0.25, -0.2) is 13.1 Å². The Morgan fingerprint density at radius 3 is 2.65 bits per heavy atom. The van der Waals surface area contributed by atoms with E-state index in [4.69, 9.17) is 0 Å². The second kappa shape index (κ2) is 7.98. The molecule has 0 spiro atoms. The molecule has 4 nitrogen and oxygen atoms in total. The largest absolute Gasteiger partial charge is 0.316 e. The lowest BCUT2D eigenvalue weighted by Crippen LogP contribution is -2.48. The van der Waals surface area contributed by atoms with Crippen molar-refractivity contribution in [2.24, 2.45) is 5.92 Å². The Hall–Kier alpha value is -0.620. The predicted molar refractivity (Wildman–Crippen MR) is 84.8 cm³/mol. The third kappa shape index (κ3) is 5.40. The molecule has 6 heteroatoms. The van der Waals surface area contributed by atoms with Crippen LogP contribution in [0.1, 0.15) is 18.9 Å². The van der Waals surface area contributed by atoms with E-state index < -0.39 is 10.0 Å². The van der Waals surface area contributed by atoms with Gasteiger partial charge in [0.2, 0.25) is 10.0 Å². The van der Waals surface area contributed by atoms with Gasteiger partial charge < -0.3 is 5.32 Å². The Kier molecular flexibility index (Phi) is 6.95. The summed E-state index contributed by atoms with van der Waals surface area (Å²) in [6.45, 7) is 3.85. The number of benzene rings is 1. The van der Waals surface area contributed by atoms with Crippen LogP contribution in [0.3, 0.4) is 0 Å². The molecular formula is C14H23ClN2O2S. The Labute approximate surface area is 127 Å². The molecule has 1 aromatic rings. The molecule has 0 radical (unpaired) electrons. The third-order valence-electron chi connectivity index (χ3n) is 3.62. The second-order valence-corrected chi connectivity index (χ2v) is 7.12. The van der Waals surface area contributed by atoms with Crippen LogP contribution >= 0.6 is 12.4 Å². The Morgan fingerprint density at radius 2 is 2.00 bits per heavy atom. The van der Waals surface area contributed by atoms with E-state index in [-0.39, 0.29) is 24.2 Å². The number of aryl methyl sites for hydroxylation is 1. The van der Waals surface area contributed by atoms with Crippen LogP contribution in [0.15, 0.2) is 30.3 Å². The van der Waals surface area contributed by atoms with Gasteiger partial charge in [-0.15, -0.1) is 12.4 Å². The minimum atomic E-state index is -3.19. The monoisotopic (exact) mass is 318 g/mol. The molecule has 1 fully saturated rings. The highest BCUT2D eigenvalue weighted by atomic mass is 35.5. The predicted octanol–water partition coefficient (Wildman–Crippen LogP) is 1.57. The summed E-state index contributed by atoms with van der Waals surface area (Å²) in [5.41, 5.74) is 1.06. The average molecular weight is 319 g/mol. The number of sulfonamides is 1. The van der Waals surface area contributed by atoms with Crippen LogP contribution in [0.4, 0.5) is 0 Å². The summed E-state index contributed by atoms with van der Waals surface area (Å²) < 4.78 is 27.0. The van der Waals surface area contributed by atoms with Gasteiger partial charge in [-0.3, -0.25) is 0 Å². The zero-order valence-electron chi connectivity index (χ0n) is 11.7. The van der Waals surface area contributed by atoms with Crippen LogP contribution in [0.5, 0.6) is 0 Å². The molecule has 0 bridgehead atoms. The highest BCUT2D eigenvalue weighted by Crippen LogP contribution is 2.12. The molecule has 20 heavy (non-hydrogen) atoms. The van der Waals surface area contributed by atoms with Crippen molar-refractivity contribution in [2.75, 3.05) is 18.8 Å². The number of nitrogens with one attached hydrogen (secondary N) is 2. The quantitative estimate of drug-likeness (QED) is 0.866. The summed E-state index contributed by atoms with van der Waals surface area (Å²) in [5, 5.41) is 3.27. The first-order chi connectivity index (χ1) is 9.07. The van der Waals surface area contributed by atoms with Gasteiger partial charge in [0.05, 0.1) is 5.75 Å². The van der Waals surface area contributed by atoms with Crippen LogP contribution in [0.2, 0.25) is 0 Å². The van der Waals surface area contributed by atoms with Crippen molar-refractivity contribution in [3.63, 3.8) is 0 Å². The van der Waals surface area contributed by atoms with Crippen molar-refractivity contribution in [2.45, 2.75) is 25.8 Å². The fraction of sp³-hybridized carbons (Fsp3) is 0.571. The standard InChI is InChI=1S/C14H22N2O2S.ClH/c1-12-11-15-9-7-14(12)16-19(17,18)10-8-13-5-3-2-4-6-13;/h2-6,12,14-16H,7-11H2,1H3;1H. The Balaban J connectivity index is 0.00000200. The summed E-state index contributed by atoms with van der Waals surface area (Å²) >= 11 is 0. The summed E-state index contributed by atoms with van der Waals surface area (Å²) in [4.78, 5) is 0. The molecule has 1 aliphatic rings. The lowest BCUT2D eigenvalue weighted by molar-refractivity contribution is 0.328. The molecule has 0 saturated carbocycles. The van der Waals surface area contributed by atoms with Gasteiger partial charge in [-0.2, -0.15) is 0 Å². The van der Waals surface area contributed by atoms with Crippen molar-refractivity contribution in [1.82, 2.24) is 10.0 Å². The van der Waals surface area contributed by atoms with Crippen LogP contribution in [-0.2, 0) is 16.4 Å². The molecule has 2 rings (SSSR count). The molecule has 1 aromatic carbocycles. The zero-order chi connectivity index (χ0) is 13.7. The Morgan fingerprint density at radius 1 is 1.30 bits per heavy atom. The molecule has 0 amide bonds. The number of hydrogen-bond acceptors (Lipinski definition) is 3. The zero-order valence-corrected chi connectivity index (χ0v) is 13.3. The molecule has 0 aliphatic carbocycles. The van der Waals surface area contributed by atoms with E-state index in [1.54, 1.807) is 0 Å². The minimum absolute atomic E-state index is 0. The van der Waals surface area contributed by atoms with E-state index in [0.717, 1.165) is 25.1 Å². The maximum absolute atomic E-state index is 12.1. The summed E-state index contributed by atoms with van der Waals surface area (Å²) in [6, 6.07) is 9.80. The first-order valence-corrected chi connectivity index (χ1v) is 8.47. The maximum Gasteiger partial charge on any atom is 0.212 e. The number of hydrogen-bond donors (Lipinski definition) is 2. The summed E-state index contributed by atoms with van der Waals surface area (Å²) in [6.07, 6.45) is 1.43. The van der Waals surface area contributed by atoms with Gasteiger partial charge in [0, 0.05) is 6.04 Å². The molecule has 1 saturated heterocycles. The first-order valence-electron chi connectivity index (χ1n) is 6.81. The fourth-order valence-corrected chi connectivity index (χ4v) is 3.81. The lowest BCUT2D eigenvalue weighted by atomic mass is 9.97. The second-order valence-electron chi connectivity index (χ2n) is 5.25. The molecule has 2 atom stereocenters. The Bertz CT molecular complexity index is 493. The molecule has 0 aromatic heterocycles. The molecular weight excluding hydrogens is 296 g/mol. The highest BCUT2D eigenvalue weighted by Gasteiger charge is 2.25. The molecule has 1 aliphatic heterocycles. The minimum Gasteiger partial charge on any atom is -0.316 e. The van der Waals surface area contributed by atoms with Crippen molar-refractivity contribution in [1.29, 1.82) is 0 Å². The van der Waals surface area contributed by atoms with Crippen LogP contribution in [0, 0.1) is 5.92 Å². The fourth-order valence-electron chi connectivity index (χ4n) is 2.38. The van der Waals surface area contributed by atoms with Crippen molar-refractivity contribution in [3.8, 4) is 0 Å². The van der Waals surface area contributed by atoms with Crippen molar-refractivity contribution >= 4 is 22.4 Å². The molecule has 1 heterocycles. The number of rotatable bonds is 5. The smallest absolute Gasteiger partial charge is 0.212 e. The van der Waals surface area contributed by atoms with E-state index in [0.29, 0.717) is 12.3 Å². The van der Waals surface area contributed by atoms with Crippen molar-refractivity contribution < 1.29 is 8.42 Å². The number of piperidine rings is 1. The first kappa shape index (κ1) is 17.4. The lowest BCUT2D eigenvalue weighted by Gasteiger charge is -2.29. The van der Waals surface area contributed by atoms with Crippen LogP contribution < -0.4 is 10.0 Å². The van der Waals surface area contributed by atoms with Gasteiger partial charge in [-0.05, 0) is 37.4 Å². The molecule has 2 unspecified atom stereocenters. The normalized spacial score (nSPS) is 23.1. The van der Waals surface area contributed by atoms with E-state index >= 15 is 0 Å².